The second-order valence-electron chi connectivity index (χ2n) is 6.77. The maximum atomic E-state index is 9.68. The van der Waals surface area contributed by atoms with Gasteiger partial charge in [0.25, 0.3) is 0 Å². The summed E-state index contributed by atoms with van der Waals surface area (Å²) in [5.74, 6) is 7.79. The van der Waals surface area contributed by atoms with Crippen LogP contribution in [0, 0.1) is 11.8 Å². The number of aliphatic hydroxyl groups is 2. The predicted molar refractivity (Wildman–Crippen MR) is 115 cm³/mol. The second kappa shape index (κ2) is 10.6. The Balaban J connectivity index is 0.00000124. The summed E-state index contributed by atoms with van der Waals surface area (Å²) in [5.41, 5.74) is 3.22. The number of benzene rings is 2. The van der Waals surface area contributed by atoms with Gasteiger partial charge in [-0.25, -0.2) is 4.98 Å². The van der Waals surface area contributed by atoms with Gasteiger partial charge in [0.05, 0.1) is 19.8 Å². The number of hydrogen-bond acceptors (Lipinski definition) is 5. The lowest BCUT2D eigenvalue weighted by atomic mass is 10.0. The van der Waals surface area contributed by atoms with Crippen LogP contribution in [0.3, 0.4) is 0 Å². The molecule has 1 aliphatic heterocycles. The third-order valence-electron chi connectivity index (χ3n) is 4.59. The van der Waals surface area contributed by atoms with Crippen molar-refractivity contribution in [3.63, 3.8) is 0 Å². The van der Waals surface area contributed by atoms with E-state index in [1.807, 2.05) is 35.0 Å². The van der Waals surface area contributed by atoms with E-state index < -0.39 is 6.10 Å². The lowest BCUT2D eigenvalue weighted by Gasteiger charge is -2.26. The molecule has 2 heterocycles. The highest BCUT2D eigenvalue weighted by molar-refractivity contribution is 5.65. The second-order valence-corrected chi connectivity index (χ2v) is 6.77. The van der Waals surface area contributed by atoms with Crippen LogP contribution in [0.25, 0.3) is 11.1 Å². The van der Waals surface area contributed by atoms with E-state index in [4.69, 9.17) is 14.6 Å². The smallest absolute Gasteiger partial charge is 0.145 e. The van der Waals surface area contributed by atoms with E-state index in [1.54, 1.807) is 13.1 Å². The molecule has 0 radical (unpaired) electrons. The highest BCUT2D eigenvalue weighted by atomic mass is 16.6. The van der Waals surface area contributed by atoms with Crippen LogP contribution in [0.15, 0.2) is 60.9 Å². The minimum absolute atomic E-state index is 0.183. The van der Waals surface area contributed by atoms with Crippen molar-refractivity contribution >= 4 is 0 Å². The van der Waals surface area contributed by atoms with Gasteiger partial charge < -0.3 is 24.3 Å². The fourth-order valence-electron chi connectivity index (χ4n) is 3.00. The Kier molecular flexibility index (Phi) is 7.63. The molecule has 1 saturated heterocycles. The van der Waals surface area contributed by atoms with Gasteiger partial charge in [-0.05, 0) is 42.3 Å². The van der Waals surface area contributed by atoms with Crippen LogP contribution in [0.4, 0.5) is 0 Å². The van der Waals surface area contributed by atoms with Crippen molar-refractivity contribution in [2.45, 2.75) is 25.7 Å². The largest absolute Gasteiger partial charge is 0.486 e. The van der Waals surface area contributed by atoms with Gasteiger partial charge in [-0.15, -0.1) is 0 Å². The summed E-state index contributed by atoms with van der Waals surface area (Å²) in [5, 5.41) is 16.7. The summed E-state index contributed by atoms with van der Waals surface area (Å²) >= 11 is 0. The molecule has 1 aromatic heterocycles. The molecular weight excluding hydrogens is 380 g/mol. The lowest BCUT2D eigenvalue weighted by molar-refractivity contribution is -0.0796. The number of aromatic nitrogens is 2. The molecule has 1 fully saturated rings. The zero-order chi connectivity index (χ0) is 21.3. The summed E-state index contributed by atoms with van der Waals surface area (Å²) in [7, 11) is 1.00. The molecule has 0 saturated carbocycles. The first kappa shape index (κ1) is 21.6. The van der Waals surface area contributed by atoms with E-state index in [0.29, 0.717) is 25.6 Å². The van der Waals surface area contributed by atoms with Gasteiger partial charge in [-0.3, -0.25) is 0 Å². The van der Waals surface area contributed by atoms with Crippen LogP contribution in [-0.4, -0.2) is 46.2 Å². The first-order valence-electron chi connectivity index (χ1n) is 9.76. The number of hydrogen-bond donors (Lipinski definition) is 2. The monoisotopic (exact) mass is 406 g/mol. The van der Waals surface area contributed by atoms with Crippen molar-refractivity contribution in [1.82, 2.24) is 9.55 Å². The molecule has 6 heteroatoms. The van der Waals surface area contributed by atoms with Gasteiger partial charge in [0.15, 0.2) is 0 Å². The Bertz CT molecular complexity index is 979. The van der Waals surface area contributed by atoms with E-state index in [9.17, 15) is 5.11 Å². The number of imidazole rings is 1. The first-order chi connectivity index (χ1) is 14.7. The highest BCUT2D eigenvalue weighted by Crippen LogP contribution is 2.24. The summed E-state index contributed by atoms with van der Waals surface area (Å²) in [6.07, 6.45) is 3.08. The van der Waals surface area contributed by atoms with Crippen molar-refractivity contribution in [3.8, 4) is 28.7 Å². The molecule has 3 aromatic rings. The Hall–Kier alpha value is -3.11. The molecule has 0 aliphatic carbocycles. The summed E-state index contributed by atoms with van der Waals surface area (Å²) < 4.78 is 12.8. The molecule has 30 heavy (non-hydrogen) atoms. The normalized spacial score (nSPS) is 13.9. The van der Waals surface area contributed by atoms with Crippen molar-refractivity contribution in [2.75, 3.05) is 20.3 Å². The average molecular weight is 406 g/mol. The maximum absolute atomic E-state index is 9.68. The van der Waals surface area contributed by atoms with Crippen LogP contribution >= 0.6 is 0 Å². The topological polar surface area (TPSA) is 76.7 Å². The molecule has 1 unspecified atom stereocenters. The van der Waals surface area contributed by atoms with Crippen molar-refractivity contribution in [1.29, 1.82) is 0 Å². The SMILES string of the molecule is CC(O)c1nccn1CC#Cc1ccc(-c2ccc(OC3COC3)cc2)cc1.CO. The quantitative estimate of drug-likeness (QED) is 0.637. The standard InChI is InChI=1S/C23H22N2O3.CH4O/c1-17(26)23-24-12-14-25(23)13-2-3-18-4-6-19(7-5-18)20-8-10-21(11-9-20)28-22-15-27-16-22;1-2/h4-12,14,17,22,26H,13,15-16H2,1H3;2H,1H3. The molecule has 2 N–H and O–H groups in total. The van der Waals surface area contributed by atoms with Gasteiger partial charge in [-0.2, -0.15) is 0 Å². The third kappa shape index (κ3) is 5.49. The van der Waals surface area contributed by atoms with Crippen molar-refractivity contribution in [3.05, 3.63) is 72.3 Å². The lowest BCUT2D eigenvalue weighted by Crippen LogP contribution is -2.38. The van der Waals surface area contributed by atoms with Crippen LogP contribution in [0.1, 0.15) is 24.4 Å². The molecule has 2 aromatic carbocycles. The van der Waals surface area contributed by atoms with Gasteiger partial charge >= 0.3 is 0 Å². The molecule has 0 spiro atoms. The summed E-state index contributed by atoms with van der Waals surface area (Å²) in [6, 6.07) is 16.3. The minimum Gasteiger partial charge on any atom is -0.486 e. The fourth-order valence-corrected chi connectivity index (χ4v) is 3.00. The molecular formula is C24H26N2O4. The Morgan fingerprint density at radius 2 is 1.73 bits per heavy atom. The third-order valence-corrected chi connectivity index (χ3v) is 4.59. The predicted octanol–water partition coefficient (Wildman–Crippen LogP) is 3.04. The van der Waals surface area contributed by atoms with Crippen LogP contribution in [0.2, 0.25) is 0 Å². The van der Waals surface area contributed by atoms with E-state index in [2.05, 4.69) is 41.1 Å². The fraction of sp³-hybridized carbons (Fsp3) is 0.292. The Labute approximate surface area is 176 Å². The van der Waals surface area contributed by atoms with Gasteiger partial charge in [0.2, 0.25) is 0 Å². The highest BCUT2D eigenvalue weighted by Gasteiger charge is 2.19. The van der Waals surface area contributed by atoms with Gasteiger partial charge in [0.1, 0.15) is 23.8 Å². The number of rotatable bonds is 5. The molecule has 6 nitrogen and oxygen atoms in total. The van der Waals surface area contributed by atoms with Gasteiger partial charge in [0, 0.05) is 25.1 Å². The van der Waals surface area contributed by atoms with Crippen LogP contribution in [-0.2, 0) is 11.3 Å². The van der Waals surface area contributed by atoms with Crippen LogP contribution < -0.4 is 4.74 Å². The first-order valence-corrected chi connectivity index (χ1v) is 9.76. The van der Waals surface area contributed by atoms with Crippen molar-refractivity contribution < 1.29 is 19.7 Å². The maximum Gasteiger partial charge on any atom is 0.145 e. The molecule has 156 valence electrons. The Morgan fingerprint density at radius 3 is 2.30 bits per heavy atom. The van der Waals surface area contributed by atoms with Crippen LogP contribution in [0.5, 0.6) is 5.75 Å². The number of ether oxygens (including phenoxy) is 2. The summed E-state index contributed by atoms with van der Waals surface area (Å²) in [4.78, 5) is 4.15. The van der Waals surface area contributed by atoms with E-state index in [0.717, 1.165) is 29.5 Å². The zero-order valence-corrected chi connectivity index (χ0v) is 17.2. The average Bonchev–Trinajstić information content (AvgIpc) is 3.22. The molecule has 1 atom stereocenters. The van der Waals surface area contributed by atoms with Gasteiger partial charge in [-0.1, -0.05) is 36.1 Å². The number of nitrogens with zero attached hydrogens (tertiary/aromatic N) is 2. The van der Waals surface area contributed by atoms with E-state index >= 15 is 0 Å². The van der Waals surface area contributed by atoms with E-state index in [-0.39, 0.29) is 6.10 Å². The molecule has 0 bridgehead atoms. The minimum atomic E-state index is -0.602. The zero-order valence-electron chi connectivity index (χ0n) is 17.2. The van der Waals surface area contributed by atoms with E-state index in [1.165, 1.54) is 0 Å². The molecule has 1 aliphatic rings. The van der Waals surface area contributed by atoms with Crippen molar-refractivity contribution in [2.24, 2.45) is 0 Å². The molecule has 4 rings (SSSR count). The molecule has 0 amide bonds. The Morgan fingerprint density at radius 1 is 1.10 bits per heavy atom. The number of aliphatic hydroxyl groups excluding tert-OH is 2. The summed E-state index contributed by atoms with van der Waals surface area (Å²) in [6.45, 7) is 3.54.